The first-order valence-corrected chi connectivity index (χ1v) is 9.51. The molecule has 1 atom stereocenters. The van der Waals surface area contributed by atoms with Crippen LogP contribution in [0.3, 0.4) is 0 Å². The van der Waals surface area contributed by atoms with Gasteiger partial charge in [0, 0.05) is 49.0 Å². The molecule has 4 rings (SSSR count). The Labute approximate surface area is 154 Å². The molecule has 1 aliphatic rings. The molecule has 26 heavy (non-hydrogen) atoms. The van der Waals surface area contributed by atoms with Gasteiger partial charge in [0.05, 0.1) is 23.3 Å². The van der Waals surface area contributed by atoms with Crippen LogP contribution < -0.4 is 5.56 Å². The van der Waals surface area contributed by atoms with Gasteiger partial charge in [-0.3, -0.25) is 9.59 Å². The minimum atomic E-state index is -0.206. The second kappa shape index (κ2) is 7.25. The van der Waals surface area contributed by atoms with Gasteiger partial charge in [-0.1, -0.05) is 0 Å². The molecule has 0 unspecified atom stereocenters. The first-order chi connectivity index (χ1) is 12.7. The van der Waals surface area contributed by atoms with Crippen molar-refractivity contribution >= 4 is 17.2 Å². The topological polar surface area (TPSA) is 83.9 Å². The van der Waals surface area contributed by atoms with Crippen molar-refractivity contribution in [2.45, 2.75) is 25.3 Å². The van der Waals surface area contributed by atoms with Gasteiger partial charge in [-0.15, -0.1) is 11.3 Å². The Morgan fingerprint density at radius 3 is 3.04 bits per heavy atom. The zero-order valence-electron chi connectivity index (χ0n) is 14.2. The first kappa shape index (κ1) is 16.7. The summed E-state index contributed by atoms with van der Waals surface area (Å²) in [5, 5.41) is 2.04. The maximum Gasteiger partial charge on any atom is 0.255 e. The number of carbonyl (C=O) groups is 1. The number of aromatic nitrogens is 4. The zero-order chi connectivity index (χ0) is 17.9. The molecule has 4 heterocycles. The normalized spacial score (nSPS) is 17.4. The first-order valence-electron chi connectivity index (χ1n) is 8.57. The zero-order valence-corrected chi connectivity index (χ0v) is 15.0. The molecule has 7 nitrogen and oxygen atoms in total. The van der Waals surface area contributed by atoms with E-state index in [1.165, 1.54) is 12.3 Å². The molecule has 1 amide bonds. The Bertz CT molecular complexity index is 926. The molecule has 1 N–H and O–H groups in total. The van der Waals surface area contributed by atoms with Crippen LogP contribution in [-0.4, -0.2) is 43.4 Å². The number of hydrogen-bond donors (Lipinski definition) is 1. The molecule has 3 aromatic rings. The standard InChI is InChI=1S/C18H19N5O2S/c24-16-4-3-13(8-20-16)18(25)23-6-1-2-14(9-23)17-19-5-7-22(17)10-15-11-26-12-21-15/h3-5,7-8,11-12,14H,1-2,6,9-10H2,(H,20,24)/t14-/m0/s1. The lowest BCUT2D eigenvalue weighted by atomic mass is 9.96. The molecular weight excluding hydrogens is 350 g/mol. The van der Waals surface area contributed by atoms with Crippen LogP contribution >= 0.6 is 11.3 Å². The summed E-state index contributed by atoms with van der Waals surface area (Å²) in [6.45, 7) is 2.05. The summed E-state index contributed by atoms with van der Waals surface area (Å²) in [7, 11) is 0. The Kier molecular flexibility index (Phi) is 4.66. The van der Waals surface area contributed by atoms with E-state index in [4.69, 9.17) is 0 Å². The lowest BCUT2D eigenvalue weighted by Gasteiger charge is -2.32. The molecule has 0 bridgehead atoms. The number of pyridine rings is 1. The van der Waals surface area contributed by atoms with Crippen LogP contribution in [0.4, 0.5) is 0 Å². The van der Waals surface area contributed by atoms with Gasteiger partial charge in [0.1, 0.15) is 5.82 Å². The number of carbonyl (C=O) groups excluding carboxylic acids is 1. The minimum absolute atomic E-state index is 0.0523. The van der Waals surface area contributed by atoms with Gasteiger partial charge < -0.3 is 14.5 Å². The largest absolute Gasteiger partial charge is 0.338 e. The van der Waals surface area contributed by atoms with Crippen molar-refractivity contribution in [2.24, 2.45) is 0 Å². The molecule has 8 heteroatoms. The van der Waals surface area contributed by atoms with E-state index in [1.807, 2.05) is 28.2 Å². The van der Waals surface area contributed by atoms with Crippen molar-refractivity contribution in [3.63, 3.8) is 0 Å². The lowest BCUT2D eigenvalue weighted by Crippen LogP contribution is -2.40. The van der Waals surface area contributed by atoms with Gasteiger partial charge in [0.2, 0.25) is 5.56 Å². The summed E-state index contributed by atoms with van der Waals surface area (Å²) in [6.07, 6.45) is 7.20. The second-order valence-electron chi connectivity index (χ2n) is 6.43. The third-order valence-electron chi connectivity index (χ3n) is 4.67. The molecule has 134 valence electrons. The number of hydrogen-bond acceptors (Lipinski definition) is 5. The maximum absolute atomic E-state index is 12.7. The minimum Gasteiger partial charge on any atom is -0.338 e. The van der Waals surface area contributed by atoms with Crippen LogP contribution in [0.2, 0.25) is 0 Å². The smallest absolute Gasteiger partial charge is 0.255 e. The number of piperidine rings is 1. The molecule has 3 aromatic heterocycles. The molecule has 0 aromatic carbocycles. The van der Waals surface area contributed by atoms with Crippen LogP contribution in [0.5, 0.6) is 0 Å². The molecule has 0 saturated carbocycles. The number of rotatable bonds is 4. The summed E-state index contributed by atoms with van der Waals surface area (Å²) in [6, 6.07) is 2.96. The predicted molar refractivity (Wildman–Crippen MR) is 98.4 cm³/mol. The van der Waals surface area contributed by atoms with Crippen molar-refractivity contribution in [1.82, 2.24) is 24.4 Å². The molecule has 1 aliphatic heterocycles. The Balaban J connectivity index is 1.50. The van der Waals surface area contributed by atoms with Gasteiger partial charge in [0.15, 0.2) is 0 Å². The molecule has 1 saturated heterocycles. The fourth-order valence-electron chi connectivity index (χ4n) is 3.40. The van der Waals surface area contributed by atoms with Crippen molar-refractivity contribution in [3.05, 3.63) is 69.0 Å². The summed E-state index contributed by atoms with van der Waals surface area (Å²) < 4.78 is 2.12. The monoisotopic (exact) mass is 369 g/mol. The van der Waals surface area contributed by atoms with E-state index in [2.05, 4.69) is 19.5 Å². The summed E-state index contributed by atoms with van der Waals surface area (Å²) in [5.74, 6) is 1.14. The van der Waals surface area contributed by atoms with Gasteiger partial charge in [-0.05, 0) is 18.9 Å². The van der Waals surface area contributed by atoms with Gasteiger partial charge in [0.25, 0.3) is 5.91 Å². The van der Waals surface area contributed by atoms with Gasteiger partial charge >= 0.3 is 0 Å². The molecular formula is C18H19N5O2S. The Hall–Kier alpha value is -2.74. The van der Waals surface area contributed by atoms with Crippen molar-refractivity contribution in [3.8, 4) is 0 Å². The number of likely N-dealkylation sites (tertiary alicyclic amines) is 1. The van der Waals surface area contributed by atoms with Gasteiger partial charge in [-0.2, -0.15) is 0 Å². The lowest BCUT2D eigenvalue weighted by molar-refractivity contribution is 0.0703. The second-order valence-corrected chi connectivity index (χ2v) is 7.14. The number of nitrogens with one attached hydrogen (secondary N) is 1. The number of H-pyrrole nitrogens is 1. The number of aromatic amines is 1. The summed E-state index contributed by atoms with van der Waals surface area (Å²) in [5.41, 5.74) is 3.15. The summed E-state index contributed by atoms with van der Waals surface area (Å²) >= 11 is 1.58. The van der Waals surface area contributed by atoms with Crippen LogP contribution in [0, 0.1) is 0 Å². The molecule has 0 radical (unpaired) electrons. The molecule has 0 aliphatic carbocycles. The third-order valence-corrected chi connectivity index (χ3v) is 5.30. The average Bonchev–Trinajstić information content (AvgIpc) is 3.34. The van der Waals surface area contributed by atoms with Crippen LogP contribution in [-0.2, 0) is 6.54 Å². The van der Waals surface area contributed by atoms with Crippen LogP contribution in [0.25, 0.3) is 0 Å². The Morgan fingerprint density at radius 1 is 1.35 bits per heavy atom. The van der Waals surface area contributed by atoms with E-state index in [0.717, 1.165) is 30.9 Å². The van der Waals surface area contributed by atoms with Crippen molar-refractivity contribution < 1.29 is 4.79 Å². The summed E-state index contributed by atoms with van der Waals surface area (Å²) in [4.78, 5) is 37.2. The highest BCUT2D eigenvalue weighted by Crippen LogP contribution is 2.27. The van der Waals surface area contributed by atoms with Gasteiger partial charge in [-0.25, -0.2) is 9.97 Å². The van der Waals surface area contributed by atoms with Crippen LogP contribution in [0.15, 0.2) is 46.4 Å². The maximum atomic E-state index is 12.7. The highest BCUT2D eigenvalue weighted by molar-refractivity contribution is 7.07. The quantitative estimate of drug-likeness (QED) is 0.763. The molecule has 1 fully saturated rings. The number of nitrogens with zero attached hydrogens (tertiary/aromatic N) is 4. The van der Waals surface area contributed by atoms with E-state index in [1.54, 1.807) is 17.4 Å². The number of imidazole rings is 1. The number of amides is 1. The van der Waals surface area contributed by atoms with E-state index in [0.29, 0.717) is 18.7 Å². The van der Waals surface area contributed by atoms with Crippen molar-refractivity contribution in [2.75, 3.05) is 13.1 Å². The predicted octanol–water partition coefficient (Wildman–Crippen LogP) is 2.10. The Morgan fingerprint density at radius 2 is 2.27 bits per heavy atom. The van der Waals surface area contributed by atoms with Crippen LogP contribution in [0.1, 0.15) is 40.6 Å². The highest BCUT2D eigenvalue weighted by atomic mass is 32.1. The number of thiazole rings is 1. The third kappa shape index (κ3) is 3.45. The fraction of sp³-hybridized carbons (Fsp3) is 0.333. The van der Waals surface area contributed by atoms with Crippen molar-refractivity contribution in [1.29, 1.82) is 0 Å². The average molecular weight is 369 g/mol. The van der Waals surface area contributed by atoms with E-state index >= 15 is 0 Å². The molecule has 0 spiro atoms. The van der Waals surface area contributed by atoms with E-state index < -0.39 is 0 Å². The fourth-order valence-corrected chi connectivity index (χ4v) is 3.95. The van der Waals surface area contributed by atoms with E-state index in [9.17, 15) is 9.59 Å². The SMILES string of the molecule is O=C(c1ccc(=O)[nH]c1)N1CCC[C@H](c2nccn2Cc2cscn2)C1. The van der Waals surface area contributed by atoms with E-state index in [-0.39, 0.29) is 17.4 Å². The highest BCUT2D eigenvalue weighted by Gasteiger charge is 2.28.